The van der Waals surface area contributed by atoms with Gasteiger partial charge in [0.1, 0.15) is 0 Å². The number of methoxy groups -OCH3 is 2. The molecule has 20 heavy (non-hydrogen) atoms. The zero-order chi connectivity index (χ0) is 14.2. The first-order valence-electron chi connectivity index (χ1n) is 7.12. The molecule has 1 aromatic heterocycles. The highest BCUT2D eigenvalue weighted by atomic mass is 16.5. The van der Waals surface area contributed by atoms with E-state index in [4.69, 9.17) is 13.9 Å². The molecule has 7 nitrogen and oxygen atoms in total. The van der Waals surface area contributed by atoms with Crippen LogP contribution in [0.4, 0.5) is 6.01 Å². The summed E-state index contributed by atoms with van der Waals surface area (Å²) in [5.74, 6) is 0.640. The number of hydrogen-bond acceptors (Lipinski definition) is 7. The van der Waals surface area contributed by atoms with E-state index in [0.717, 1.165) is 19.5 Å². The van der Waals surface area contributed by atoms with Crippen LogP contribution in [0.25, 0.3) is 0 Å². The van der Waals surface area contributed by atoms with Crippen LogP contribution in [0, 0.1) is 0 Å². The first-order valence-corrected chi connectivity index (χ1v) is 7.12. The molecule has 1 N–H and O–H groups in total. The van der Waals surface area contributed by atoms with E-state index in [0.29, 0.717) is 37.7 Å². The van der Waals surface area contributed by atoms with Crippen molar-refractivity contribution >= 4 is 6.01 Å². The van der Waals surface area contributed by atoms with Crippen LogP contribution in [-0.4, -0.2) is 56.8 Å². The van der Waals surface area contributed by atoms with Gasteiger partial charge in [-0.25, -0.2) is 0 Å². The lowest BCUT2D eigenvalue weighted by Gasteiger charge is -2.19. The quantitative estimate of drug-likeness (QED) is 0.603. The molecular weight excluding hydrogens is 260 g/mol. The van der Waals surface area contributed by atoms with Crippen molar-refractivity contribution in [3.8, 4) is 0 Å². The Balaban J connectivity index is 1.84. The first kappa shape index (κ1) is 15.2. The molecule has 1 aliphatic carbocycles. The van der Waals surface area contributed by atoms with Gasteiger partial charge in [-0.15, -0.1) is 5.10 Å². The minimum absolute atomic E-state index is 0.561. The maximum atomic E-state index is 5.70. The summed E-state index contributed by atoms with van der Waals surface area (Å²) in [5, 5.41) is 11.6. The summed E-state index contributed by atoms with van der Waals surface area (Å²) < 4.78 is 15.9. The van der Waals surface area contributed by atoms with Gasteiger partial charge >= 0.3 is 6.01 Å². The molecule has 1 fully saturated rings. The van der Waals surface area contributed by atoms with Crippen molar-refractivity contribution in [3.05, 3.63) is 5.89 Å². The van der Waals surface area contributed by atoms with Gasteiger partial charge in [0, 0.05) is 40.0 Å². The summed E-state index contributed by atoms with van der Waals surface area (Å²) in [6.07, 6.45) is 3.41. The second kappa shape index (κ2) is 8.18. The Morgan fingerprint density at radius 2 is 2.00 bits per heavy atom. The Bertz CT molecular complexity index is 381. The van der Waals surface area contributed by atoms with Crippen LogP contribution in [0.5, 0.6) is 0 Å². The molecule has 0 unspecified atom stereocenters. The third-order valence-electron chi connectivity index (χ3n) is 3.19. The van der Waals surface area contributed by atoms with Crippen LogP contribution in [0.3, 0.4) is 0 Å². The Labute approximate surface area is 119 Å². The van der Waals surface area contributed by atoms with Gasteiger partial charge in [0.15, 0.2) is 0 Å². The van der Waals surface area contributed by atoms with Crippen molar-refractivity contribution in [1.82, 2.24) is 15.5 Å². The summed E-state index contributed by atoms with van der Waals surface area (Å²) in [4.78, 5) is 2.04. The second-order valence-corrected chi connectivity index (χ2v) is 4.96. The lowest BCUT2D eigenvalue weighted by Crippen LogP contribution is -2.29. The van der Waals surface area contributed by atoms with Crippen molar-refractivity contribution in [2.24, 2.45) is 0 Å². The third kappa shape index (κ3) is 5.07. The van der Waals surface area contributed by atoms with E-state index in [9.17, 15) is 0 Å². The average Bonchev–Trinajstić information content (AvgIpc) is 3.18. The lowest BCUT2D eigenvalue weighted by molar-refractivity contribution is 0.189. The van der Waals surface area contributed by atoms with Crippen LogP contribution < -0.4 is 10.2 Å². The molecule has 0 radical (unpaired) electrons. The van der Waals surface area contributed by atoms with Gasteiger partial charge in [0.2, 0.25) is 5.89 Å². The number of anilines is 1. The number of nitrogens with zero attached hydrogens (tertiary/aromatic N) is 3. The molecule has 1 heterocycles. The smallest absolute Gasteiger partial charge is 0.318 e. The van der Waals surface area contributed by atoms with Crippen molar-refractivity contribution in [3.63, 3.8) is 0 Å². The van der Waals surface area contributed by atoms with Gasteiger partial charge in [-0.2, -0.15) is 0 Å². The Morgan fingerprint density at radius 3 is 2.70 bits per heavy atom. The molecule has 7 heteroatoms. The molecule has 1 aromatic rings. The lowest BCUT2D eigenvalue weighted by atomic mass is 10.4. The SMILES string of the molecule is COCCCN(CCOC)c1nnc(CNC2CC2)o1. The Morgan fingerprint density at radius 1 is 1.20 bits per heavy atom. The highest BCUT2D eigenvalue weighted by Gasteiger charge is 2.21. The molecule has 1 saturated carbocycles. The fourth-order valence-corrected chi connectivity index (χ4v) is 1.87. The van der Waals surface area contributed by atoms with E-state index in [1.54, 1.807) is 14.2 Å². The van der Waals surface area contributed by atoms with Gasteiger partial charge in [-0.05, 0) is 19.3 Å². The minimum atomic E-state index is 0.561. The summed E-state index contributed by atoms with van der Waals surface area (Å²) >= 11 is 0. The molecule has 114 valence electrons. The molecule has 0 bridgehead atoms. The van der Waals surface area contributed by atoms with E-state index in [2.05, 4.69) is 15.5 Å². The predicted molar refractivity (Wildman–Crippen MR) is 74.7 cm³/mol. The summed E-state index contributed by atoms with van der Waals surface area (Å²) in [5.41, 5.74) is 0. The number of nitrogens with one attached hydrogen (secondary N) is 1. The average molecular weight is 284 g/mol. The van der Waals surface area contributed by atoms with Gasteiger partial charge in [0.05, 0.1) is 13.2 Å². The number of rotatable bonds is 11. The monoisotopic (exact) mass is 284 g/mol. The van der Waals surface area contributed by atoms with Crippen LogP contribution in [0.2, 0.25) is 0 Å². The van der Waals surface area contributed by atoms with E-state index in [1.807, 2.05) is 4.90 Å². The largest absolute Gasteiger partial charge is 0.407 e. The standard InChI is InChI=1S/C13H24N4O3/c1-18-8-3-6-17(7-9-19-2)13-16-15-12(20-13)10-14-11-4-5-11/h11,14H,3-10H2,1-2H3. The van der Waals surface area contributed by atoms with Crippen molar-refractivity contribution in [2.45, 2.75) is 31.8 Å². The molecule has 0 spiro atoms. The first-order chi connectivity index (χ1) is 9.83. The van der Waals surface area contributed by atoms with Gasteiger partial charge in [-0.1, -0.05) is 5.10 Å². The van der Waals surface area contributed by atoms with E-state index in [1.165, 1.54) is 12.8 Å². The van der Waals surface area contributed by atoms with Crippen molar-refractivity contribution in [2.75, 3.05) is 45.4 Å². The van der Waals surface area contributed by atoms with Gasteiger partial charge < -0.3 is 24.1 Å². The summed E-state index contributed by atoms with van der Waals surface area (Å²) in [6.45, 7) is 3.54. The van der Waals surface area contributed by atoms with Crippen LogP contribution >= 0.6 is 0 Å². The molecule has 0 aromatic carbocycles. The van der Waals surface area contributed by atoms with Gasteiger partial charge in [0.25, 0.3) is 0 Å². The van der Waals surface area contributed by atoms with Crippen LogP contribution in [0.1, 0.15) is 25.2 Å². The summed E-state index contributed by atoms with van der Waals surface area (Å²) in [7, 11) is 3.39. The van der Waals surface area contributed by atoms with Crippen LogP contribution in [-0.2, 0) is 16.0 Å². The molecule has 0 atom stereocenters. The zero-order valence-electron chi connectivity index (χ0n) is 12.3. The highest BCUT2D eigenvalue weighted by Crippen LogP contribution is 2.19. The van der Waals surface area contributed by atoms with E-state index < -0.39 is 0 Å². The predicted octanol–water partition coefficient (Wildman–Crippen LogP) is 0.811. The minimum Gasteiger partial charge on any atom is -0.407 e. The van der Waals surface area contributed by atoms with Crippen LogP contribution in [0.15, 0.2) is 4.42 Å². The molecule has 2 rings (SSSR count). The molecule has 0 saturated heterocycles. The van der Waals surface area contributed by atoms with Crippen molar-refractivity contribution < 1.29 is 13.9 Å². The molecule has 1 aliphatic rings. The van der Waals surface area contributed by atoms with E-state index in [-0.39, 0.29) is 0 Å². The molecule has 0 amide bonds. The van der Waals surface area contributed by atoms with Crippen molar-refractivity contribution in [1.29, 1.82) is 0 Å². The number of hydrogen-bond donors (Lipinski definition) is 1. The number of ether oxygens (including phenoxy) is 2. The zero-order valence-corrected chi connectivity index (χ0v) is 12.3. The maximum absolute atomic E-state index is 5.70. The van der Waals surface area contributed by atoms with Gasteiger partial charge in [-0.3, -0.25) is 0 Å². The fraction of sp³-hybridized carbons (Fsp3) is 0.846. The Hall–Kier alpha value is -1.18. The topological polar surface area (TPSA) is 72.7 Å². The third-order valence-corrected chi connectivity index (χ3v) is 3.19. The van der Waals surface area contributed by atoms with E-state index >= 15 is 0 Å². The fourth-order valence-electron chi connectivity index (χ4n) is 1.87. The number of aromatic nitrogens is 2. The highest BCUT2D eigenvalue weighted by molar-refractivity contribution is 5.23. The normalized spacial score (nSPS) is 14.7. The molecule has 0 aliphatic heterocycles. The summed E-state index contributed by atoms with van der Waals surface area (Å²) in [6, 6.07) is 1.20. The molecular formula is C13H24N4O3. The maximum Gasteiger partial charge on any atom is 0.318 e. The Kier molecular flexibility index (Phi) is 6.23. The second-order valence-electron chi connectivity index (χ2n) is 4.96.